The van der Waals surface area contributed by atoms with Crippen LogP contribution in [0.1, 0.15) is 30.9 Å². The van der Waals surface area contributed by atoms with E-state index in [4.69, 9.17) is 0 Å². The van der Waals surface area contributed by atoms with Crippen LogP contribution in [0.4, 0.5) is 16.3 Å². The molecule has 4 rings (SSSR count). The van der Waals surface area contributed by atoms with Gasteiger partial charge in [0.05, 0.1) is 11.0 Å². The fourth-order valence-electron chi connectivity index (χ4n) is 4.28. The summed E-state index contributed by atoms with van der Waals surface area (Å²) in [6, 6.07) is 13.6. The van der Waals surface area contributed by atoms with Gasteiger partial charge in [0, 0.05) is 31.4 Å². The fraction of sp³-hybridized carbons (Fsp3) is 0.375. The smallest absolute Gasteiger partial charge is 0.319 e. The van der Waals surface area contributed by atoms with Crippen LogP contribution in [0.3, 0.4) is 0 Å². The number of aryl methyl sites for hydroxylation is 3. The highest BCUT2D eigenvalue weighted by Gasteiger charge is 2.24. The van der Waals surface area contributed by atoms with Crippen molar-refractivity contribution in [3.8, 4) is 0 Å². The average Bonchev–Trinajstić information content (AvgIpc) is 2.77. The minimum Gasteiger partial charge on any atom is -0.352 e. The number of nitrogens with zero attached hydrogens (tertiary/aromatic N) is 3. The number of hydrogen-bond donors (Lipinski definition) is 2. The number of nitrogens with one attached hydrogen (secondary N) is 2. The summed E-state index contributed by atoms with van der Waals surface area (Å²) in [6.07, 6.45) is 1.53. The number of benzene rings is 2. The first-order chi connectivity index (χ1) is 15.0. The lowest BCUT2D eigenvalue weighted by Crippen LogP contribution is -2.47. The molecule has 1 aliphatic heterocycles. The Morgan fingerprint density at radius 1 is 1.06 bits per heavy atom. The van der Waals surface area contributed by atoms with Gasteiger partial charge in [-0.2, -0.15) is 0 Å². The Kier molecular flexibility index (Phi) is 5.93. The molecule has 1 fully saturated rings. The summed E-state index contributed by atoms with van der Waals surface area (Å²) < 4.78 is 1.78. The maximum absolute atomic E-state index is 13.0. The number of urea groups is 1. The van der Waals surface area contributed by atoms with Gasteiger partial charge < -0.3 is 20.1 Å². The Morgan fingerprint density at radius 3 is 2.42 bits per heavy atom. The zero-order valence-corrected chi connectivity index (χ0v) is 18.3. The van der Waals surface area contributed by atoms with Crippen LogP contribution >= 0.6 is 0 Å². The molecule has 0 saturated carbocycles. The summed E-state index contributed by atoms with van der Waals surface area (Å²) in [7, 11) is 0. The van der Waals surface area contributed by atoms with E-state index in [1.165, 1.54) is 0 Å². The SMILES string of the molecule is CCn1c(=O)c(N2CCC(NC(=O)Nc3c(C)cccc3C)CC2)nc2ccccc21. The van der Waals surface area contributed by atoms with E-state index in [-0.39, 0.29) is 17.6 Å². The highest BCUT2D eigenvalue weighted by atomic mass is 16.2. The molecule has 2 N–H and O–H groups in total. The van der Waals surface area contributed by atoms with Gasteiger partial charge in [-0.3, -0.25) is 4.79 Å². The second-order valence-corrected chi connectivity index (χ2v) is 8.10. The van der Waals surface area contributed by atoms with Crippen LogP contribution in [0.2, 0.25) is 0 Å². The van der Waals surface area contributed by atoms with Crippen molar-refractivity contribution >= 4 is 28.6 Å². The quantitative estimate of drug-likeness (QED) is 0.674. The lowest BCUT2D eigenvalue weighted by atomic mass is 10.1. The molecule has 1 aliphatic rings. The minimum absolute atomic E-state index is 0.0552. The summed E-state index contributed by atoms with van der Waals surface area (Å²) in [4.78, 5) is 32.2. The fourth-order valence-corrected chi connectivity index (χ4v) is 4.28. The first-order valence-electron chi connectivity index (χ1n) is 10.9. The van der Waals surface area contributed by atoms with Crippen molar-refractivity contribution in [2.75, 3.05) is 23.3 Å². The molecule has 2 heterocycles. The highest BCUT2D eigenvalue weighted by molar-refractivity contribution is 5.91. The van der Waals surface area contributed by atoms with E-state index in [1.807, 2.05) is 68.1 Å². The standard InChI is InChI=1S/C24H29N5O2/c1-4-29-20-11-6-5-10-19(20)26-22(23(29)30)28-14-12-18(13-15-28)25-24(31)27-21-16(2)8-7-9-17(21)3/h5-11,18H,4,12-15H2,1-3H3,(H2,25,27,31). The largest absolute Gasteiger partial charge is 0.352 e. The van der Waals surface area contributed by atoms with Gasteiger partial charge in [-0.25, -0.2) is 9.78 Å². The molecule has 0 aliphatic carbocycles. The maximum atomic E-state index is 13.0. The van der Waals surface area contributed by atoms with Crippen molar-refractivity contribution < 1.29 is 4.79 Å². The van der Waals surface area contributed by atoms with Crippen molar-refractivity contribution in [2.24, 2.45) is 0 Å². The number of carbonyl (C=O) groups is 1. The van der Waals surface area contributed by atoms with E-state index in [1.54, 1.807) is 4.57 Å². The molecule has 7 heteroatoms. The number of rotatable bonds is 4. The molecule has 2 aromatic carbocycles. The minimum atomic E-state index is -0.187. The van der Waals surface area contributed by atoms with E-state index < -0.39 is 0 Å². The molecular weight excluding hydrogens is 390 g/mol. The molecule has 0 bridgehead atoms. The second kappa shape index (κ2) is 8.79. The molecule has 1 aromatic heterocycles. The first-order valence-corrected chi connectivity index (χ1v) is 10.9. The predicted octanol–water partition coefficient (Wildman–Crippen LogP) is 3.82. The van der Waals surface area contributed by atoms with Crippen molar-refractivity contribution in [2.45, 2.75) is 46.2 Å². The van der Waals surface area contributed by atoms with E-state index in [9.17, 15) is 9.59 Å². The van der Waals surface area contributed by atoms with Gasteiger partial charge in [-0.1, -0.05) is 30.3 Å². The summed E-state index contributed by atoms with van der Waals surface area (Å²) in [5.74, 6) is 0.499. The summed E-state index contributed by atoms with van der Waals surface area (Å²) in [6.45, 7) is 7.91. The number of para-hydroxylation sites is 3. The number of anilines is 2. The number of piperidine rings is 1. The lowest BCUT2D eigenvalue weighted by Gasteiger charge is -2.33. The monoisotopic (exact) mass is 419 g/mol. The zero-order chi connectivity index (χ0) is 22.0. The topological polar surface area (TPSA) is 79.3 Å². The Hall–Kier alpha value is -3.35. The molecule has 162 valence electrons. The maximum Gasteiger partial charge on any atom is 0.319 e. The molecule has 31 heavy (non-hydrogen) atoms. The van der Waals surface area contributed by atoms with Crippen LogP contribution < -0.4 is 21.1 Å². The van der Waals surface area contributed by atoms with Gasteiger partial charge in [0.2, 0.25) is 0 Å². The third-order valence-corrected chi connectivity index (χ3v) is 6.00. The molecule has 7 nitrogen and oxygen atoms in total. The number of amides is 2. The van der Waals surface area contributed by atoms with Crippen LogP contribution in [0.5, 0.6) is 0 Å². The Morgan fingerprint density at radius 2 is 1.74 bits per heavy atom. The molecule has 0 radical (unpaired) electrons. The van der Waals surface area contributed by atoms with Crippen molar-refractivity contribution in [3.05, 3.63) is 63.9 Å². The summed E-state index contributed by atoms with van der Waals surface area (Å²) >= 11 is 0. The zero-order valence-electron chi connectivity index (χ0n) is 18.3. The average molecular weight is 420 g/mol. The Balaban J connectivity index is 1.43. The van der Waals surface area contributed by atoms with Crippen LogP contribution in [-0.4, -0.2) is 34.7 Å². The summed E-state index contributed by atoms with van der Waals surface area (Å²) in [5.41, 5.74) is 4.57. The number of fused-ring (bicyclic) bond motifs is 1. The van der Waals surface area contributed by atoms with Gasteiger partial charge in [-0.05, 0) is 56.9 Å². The highest BCUT2D eigenvalue weighted by Crippen LogP contribution is 2.21. The van der Waals surface area contributed by atoms with Crippen molar-refractivity contribution in [1.82, 2.24) is 14.9 Å². The van der Waals surface area contributed by atoms with Gasteiger partial charge in [0.15, 0.2) is 5.82 Å². The van der Waals surface area contributed by atoms with E-state index in [0.29, 0.717) is 25.5 Å². The Labute approximate surface area is 182 Å². The second-order valence-electron chi connectivity index (χ2n) is 8.10. The third kappa shape index (κ3) is 4.26. The van der Waals surface area contributed by atoms with Crippen LogP contribution in [-0.2, 0) is 6.54 Å². The van der Waals surface area contributed by atoms with E-state index in [2.05, 4.69) is 15.6 Å². The number of aromatic nitrogens is 2. The molecule has 2 amide bonds. The third-order valence-electron chi connectivity index (χ3n) is 6.00. The van der Waals surface area contributed by atoms with Crippen LogP contribution in [0, 0.1) is 13.8 Å². The van der Waals surface area contributed by atoms with E-state index in [0.717, 1.165) is 40.7 Å². The Bertz CT molecular complexity index is 1140. The summed E-state index contributed by atoms with van der Waals surface area (Å²) in [5, 5.41) is 6.06. The predicted molar refractivity (Wildman–Crippen MR) is 125 cm³/mol. The normalized spacial score (nSPS) is 14.6. The number of carbonyl (C=O) groups excluding carboxylic acids is 1. The van der Waals surface area contributed by atoms with E-state index >= 15 is 0 Å². The molecular formula is C24H29N5O2. The van der Waals surface area contributed by atoms with Crippen LogP contribution in [0.15, 0.2) is 47.3 Å². The molecule has 0 atom stereocenters. The van der Waals surface area contributed by atoms with Gasteiger partial charge in [-0.15, -0.1) is 0 Å². The van der Waals surface area contributed by atoms with Crippen LogP contribution in [0.25, 0.3) is 11.0 Å². The molecule has 0 unspecified atom stereocenters. The first kappa shape index (κ1) is 20.9. The van der Waals surface area contributed by atoms with Crippen molar-refractivity contribution in [1.29, 1.82) is 0 Å². The van der Waals surface area contributed by atoms with Crippen molar-refractivity contribution in [3.63, 3.8) is 0 Å². The molecule has 3 aromatic rings. The molecule has 1 saturated heterocycles. The lowest BCUT2D eigenvalue weighted by molar-refractivity contribution is 0.246. The number of hydrogen-bond acceptors (Lipinski definition) is 4. The van der Waals surface area contributed by atoms with Gasteiger partial charge in [0.25, 0.3) is 5.56 Å². The van der Waals surface area contributed by atoms with Gasteiger partial charge in [0.1, 0.15) is 0 Å². The molecule has 0 spiro atoms. The van der Waals surface area contributed by atoms with Gasteiger partial charge >= 0.3 is 6.03 Å².